The van der Waals surface area contributed by atoms with Crippen molar-refractivity contribution in [2.24, 2.45) is 0 Å². The minimum absolute atomic E-state index is 0.0447. The number of carbonyl (C=O) groups excluding carboxylic acids is 1. The van der Waals surface area contributed by atoms with Crippen LogP contribution in [0.1, 0.15) is 16.7 Å². The Morgan fingerprint density at radius 3 is 2.00 bits per heavy atom. The molecular formula is C31H30N6OS. The third-order valence-electron chi connectivity index (χ3n) is 6.66. The van der Waals surface area contributed by atoms with E-state index in [0.29, 0.717) is 35.8 Å². The summed E-state index contributed by atoms with van der Waals surface area (Å²) in [5.74, 6) is 0.958. The molecule has 2 heterocycles. The van der Waals surface area contributed by atoms with Gasteiger partial charge in [0.2, 0.25) is 5.91 Å². The molecule has 1 amide bonds. The monoisotopic (exact) mass is 534 g/mol. The van der Waals surface area contributed by atoms with Crippen LogP contribution in [0, 0.1) is 0 Å². The molecule has 0 spiro atoms. The van der Waals surface area contributed by atoms with Crippen molar-refractivity contribution in [2.45, 2.75) is 11.3 Å². The SMILES string of the molecule is C=CCN(CCSC(c1ccccc1)(c1ccccc1)c1ccccc1)C(=O)Cn1cnc2c(N)ncnc21. The second kappa shape index (κ2) is 12.0. The number of nitrogen functional groups attached to an aromatic ring is 1. The largest absolute Gasteiger partial charge is 0.382 e. The van der Waals surface area contributed by atoms with Gasteiger partial charge in [-0.25, -0.2) is 15.0 Å². The molecule has 5 aromatic rings. The van der Waals surface area contributed by atoms with Crippen molar-refractivity contribution in [2.75, 3.05) is 24.6 Å². The Morgan fingerprint density at radius 2 is 1.46 bits per heavy atom. The van der Waals surface area contributed by atoms with E-state index in [2.05, 4.69) is 94.3 Å². The Hall–Kier alpha value is -4.43. The van der Waals surface area contributed by atoms with Gasteiger partial charge in [0, 0.05) is 18.8 Å². The van der Waals surface area contributed by atoms with E-state index in [4.69, 9.17) is 5.73 Å². The van der Waals surface area contributed by atoms with Crippen LogP contribution in [-0.2, 0) is 16.1 Å². The number of carbonyl (C=O) groups is 1. The van der Waals surface area contributed by atoms with Crippen LogP contribution in [0.4, 0.5) is 5.82 Å². The molecule has 0 bridgehead atoms. The van der Waals surface area contributed by atoms with E-state index in [1.165, 1.54) is 23.0 Å². The molecule has 0 atom stereocenters. The van der Waals surface area contributed by atoms with E-state index in [1.54, 1.807) is 17.0 Å². The molecule has 196 valence electrons. The summed E-state index contributed by atoms with van der Waals surface area (Å²) >= 11 is 1.83. The number of amides is 1. The van der Waals surface area contributed by atoms with Crippen molar-refractivity contribution >= 4 is 34.7 Å². The lowest BCUT2D eigenvalue weighted by molar-refractivity contribution is -0.131. The number of thioether (sulfide) groups is 1. The fraction of sp³-hybridized carbons (Fsp3) is 0.161. The Balaban J connectivity index is 1.42. The highest BCUT2D eigenvalue weighted by atomic mass is 32.2. The highest BCUT2D eigenvalue weighted by molar-refractivity contribution is 8.00. The molecule has 0 radical (unpaired) electrons. The number of rotatable bonds is 11. The molecule has 0 aliphatic heterocycles. The normalized spacial score (nSPS) is 11.4. The van der Waals surface area contributed by atoms with Crippen LogP contribution in [0.3, 0.4) is 0 Å². The predicted octanol–water partition coefficient (Wildman–Crippen LogP) is 5.15. The standard InChI is InChI=1S/C31H30N6OS/c1-2-18-36(27(38)21-37-23-35-28-29(32)33-22-34-30(28)37)19-20-39-31(24-12-6-3-7-13-24,25-14-8-4-9-15-25)26-16-10-5-11-17-26/h2-17,22-23H,1,18-21H2,(H2,32,33,34). The summed E-state index contributed by atoms with van der Waals surface area (Å²) in [4.78, 5) is 27.8. The zero-order valence-electron chi connectivity index (χ0n) is 21.6. The van der Waals surface area contributed by atoms with Gasteiger partial charge in [-0.15, -0.1) is 18.3 Å². The van der Waals surface area contributed by atoms with Crippen molar-refractivity contribution in [1.29, 1.82) is 0 Å². The summed E-state index contributed by atoms with van der Waals surface area (Å²) in [6.07, 6.45) is 4.72. The average Bonchev–Trinajstić information content (AvgIpc) is 3.40. The first kappa shape index (κ1) is 26.2. The number of hydrogen-bond acceptors (Lipinski definition) is 6. The number of benzene rings is 3. The molecule has 7 nitrogen and oxygen atoms in total. The maximum Gasteiger partial charge on any atom is 0.242 e. The summed E-state index contributed by atoms with van der Waals surface area (Å²) in [7, 11) is 0. The van der Waals surface area contributed by atoms with Gasteiger partial charge in [-0.1, -0.05) is 97.1 Å². The van der Waals surface area contributed by atoms with Crippen molar-refractivity contribution in [3.05, 3.63) is 133 Å². The van der Waals surface area contributed by atoms with Crippen LogP contribution in [0.15, 0.2) is 116 Å². The molecule has 39 heavy (non-hydrogen) atoms. The van der Waals surface area contributed by atoms with E-state index in [9.17, 15) is 4.79 Å². The van der Waals surface area contributed by atoms with Crippen LogP contribution in [0.2, 0.25) is 0 Å². The zero-order chi connectivity index (χ0) is 27.1. The minimum Gasteiger partial charge on any atom is -0.382 e. The summed E-state index contributed by atoms with van der Waals surface area (Å²) in [5.41, 5.74) is 10.5. The number of nitrogens with two attached hydrogens (primary N) is 1. The Bertz CT molecular complexity index is 1440. The first-order chi connectivity index (χ1) is 19.1. The molecule has 0 aliphatic carbocycles. The number of imidazole rings is 1. The topological polar surface area (TPSA) is 89.9 Å². The molecule has 0 fully saturated rings. The first-order valence-electron chi connectivity index (χ1n) is 12.7. The maximum absolute atomic E-state index is 13.4. The van der Waals surface area contributed by atoms with Crippen molar-refractivity contribution in [3.63, 3.8) is 0 Å². The number of nitrogens with zero attached hydrogens (tertiary/aromatic N) is 5. The van der Waals surface area contributed by atoms with Gasteiger partial charge in [0.05, 0.1) is 11.1 Å². The van der Waals surface area contributed by atoms with Crippen LogP contribution < -0.4 is 5.73 Å². The molecular weight excluding hydrogens is 504 g/mol. The molecule has 8 heteroatoms. The summed E-state index contributed by atoms with van der Waals surface area (Å²) in [6, 6.07) is 31.7. The highest BCUT2D eigenvalue weighted by Gasteiger charge is 2.37. The Labute approximate surface area is 232 Å². The third-order valence-corrected chi connectivity index (χ3v) is 8.18. The fourth-order valence-corrected chi connectivity index (χ4v) is 6.34. The molecule has 2 N–H and O–H groups in total. The third kappa shape index (κ3) is 5.42. The van der Waals surface area contributed by atoms with Gasteiger partial charge in [0.1, 0.15) is 18.4 Å². The maximum atomic E-state index is 13.4. The quantitative estimate of drug-likeness (QED) is 0.186. The molecule has 0 saturated heterocycles. The van der Waals surface area contributed by atoms with E-state index >= 15 is 0 Å². The van der Waals surface area contributed by atoms with Crippen LogP contribution in [0.25, 0.3) is 11.2 Å². The minimum atomic E-state index is -0.443. The lowest BCUT2D eigenvalue weighted by Crippen LogP contribution is -2.36. The van der Waals surface area contributed by atoms with Crippen molar-refractivity contribution in [1.82, 2.24) is 24.4 Å². The second-order valence-electron chi connectivity index (χ2n) is 9.06. The average molecular weight is 535 g/mol. The van der Waals surface area contributed by atoms with Gasteiger partial charge in [-0.2, -0.15) is 0 Å². The number of anilines is 1. The van der Waals surface area contributed by atoms with Gasteiger partial charge in [-0.3, -0.25) is 4.79 Å². The first-order valence-corrected chi connectivity index (χ1v) is 13.7. The lowest BCUT2D eigenvalue weighted by Gasteiger charge is -2.36. The Kier molecular flexibility index (Phi) is 8.03. The number of fused-ring (bicyclic) bond motifs is 1. The van der Waals surface area contributed by atoms with E-state index in [0.717, 1.165) is 0 Å². The van der Waals surface area contributed by atoms with Gasteiger partial charge in [-0.05, 0) is 16.7 Å². The predicted molar refractivity (Wildman–Crippen MR) is 158 cm³/mol. The molecule has 2 aromatic heterocycles. The highest BCUT2D eigenvalue weighted by Crippen LogP contribution is 2.48. The van der Waals surface area contributed by atoms with Gasteiger partial charge < -0.3 is 15.2 Å². The summed E-state index contributed by atoms with van der Waals surface area (Å²) < 4.78 is 1.27. The molecule has 5 rings (SSSR count). The van der Waals surface area contributed by atoms with Crippen LogP contribution in [-0.4, -0.2) is 49.2 Å². The van der Waals surface area contributed by atoms with Crippen molar-refractivity contribution in [3.8, 4) is 0 Å². The molecule has 0 aliphatic rings. The van der Waals surface area contributed by atoms with Gasteiger partial charge in [0.15, 0.2) is 11.5 Å². The van der Waals surface area contributed by atoms with Gasteiger partial charge >= 0.3 is 0 Å². The van der Waals surface area contributed by atoms with Crippen LogP contribution >= 0.6 is 11.8 Å². The fourth-order valence-electron chi connectivity index (χ4n) is 4.81. The van der Waals surface area contributed by atoms with Gasteiger partial charge in [0.25, 0.3) is 0 Å². The van der Waals surface area contributed by atoms with E-state index in [1.807, 2.05) is 34.9 Å². The van der Waals surface area contributed by atoms with Crippen molar-refractivity contribution < 1.29 is 4.79 Å². The summed E-state index contributed by atoms with van der Waals surface area (Å²) in [5, 5.41) is 0. The van der Waals surface area contributed by atoms with E-state index < -0.39 is 4.75 Å². The zero-order valence-corrected chi connectivity index (χ0v) is 22.4. The second-order valence-corrected chi connectivity index (χ2v) is 10.4. The number of hydrogen-bond donors (Lipinski definition) is 1. The molecule has 0 unspecified atom stereocenters. The summed E-state index contributed by atoms with van der Waals surface area (Å²) in [6.45, 7) is 4.98. The van der Waals surface area contributed by atoms with E-state index in [-0.39, 0.29) is 12.5 Å². The smallest absolute Gasteiger partial charge is 0.242 e. The lowest BCUT2D eigenvalue weighted by atomic mass is 9.84. The molecule has 3 aromatic carbocycles. The molecule has 0 saturated carbocycles. The van der Waals surface area contributed by atoms with Crippen LogP contribution in [0.5, 0.6) is 0 Å². The number of aromatic nitrogens is 4. The Morgan fingerprint density at radius 1 is 0.897 bits per heavy atom.